The van der Waals surface area contributed by atoms with E-state index in [9.17, 15) is 4.79 Å². The van der Waals surface area contributed by atoms with Crippen molar-refractivity contribution in [2.24, 2.45) is 0 Å². The van der Waals surface area contributed by atoms with Gasteiger partial charge in [-0.25, -0.2) is 0 Å². The summed E-state index contributed by atoms with van der Waals surface area (Å²) in [5.41, 5.74) is 7.06. The lowest BCUT2D eigenvalue weighted by Crippen LogP contribution is -2.24. The molecule has 3 heteroatoms. The Kier molecular flexibility index (Phi) is 6.82. The van der Waals surface area contributed by atoms with Gasteiger partial charge in [-0.3, -0.25) is 4.79 Å². The fourth-order valence-electron chi connectivity index (χ4n) is 3.30. The van der Waals surface area contributed by atoms with Gasteiger partial charge in [-0.2, -0.15) is 0 Å². The standard InChI is InChI=1S/C21H24Br2O/c1-13-5-7-17(15(3)9-13)19(11-22)21(24)20(12-23)18-8-6-14(2)10-16(18)4/h5-10,19-20H,11-12H2,1-4H3. The van der Waals surface area contributed by atoms with Gasteiger partial charge in [-0.05, 0) is 49.9 Å². The largest absolute Gasteiger partial charge is 0.298 e. The van der Waals surface area contributed by atoms with Gasteiger partial charge in [0.25, 0.3) is 0 Å². The minimum absolute atomic E-state index is 0.131. The van der Waals surface area contributed by atoms with Crippen LogP contribution in [0.5, 0.6) is 0 Å². The topological polar surface area (TPSA) is 17.1 Å². The maximum absolute atomic E-state index is 13.3. The normalized spacial score (nSPS) is 13.6. The van der Waals surface area contributed by atoms with E-state index >= 15 is 0 Å². The van der Waals surface area contributed by atoms with Gasteiger partial charge >= 0.3 is 0 Å². The summed E-state index contributed by atoms with van der Waals surface area (Å²) < 4.78 is 0. The summed E-state index contributed by atoms with van der Waals surface area (Å²) in [4.78, 5) is 13.3. The zero-order chi connectivity index (χ0) is 17.9. The van der Waals surface area contributed by atoms with E-state index in [1.807, 2.05) is 0 Å². The minimum atomic E-state index is -0.131. The highest BCUT2D eigenvalue weighted by Crippen LogP contribution is 2.32. The van der Waals surface area contributed by atoms with E-state index in [1.54, 1.807) is 0 Å². The molecule has 0 saturated heterocycles. The number of hydrogen-bond acceptors (Lipinski definition) is 1. The Labute approximate surface area is 162 Å². The number of carbonyl (C=O) groups excluding carboxylic acids is 1. The van der Waals surface area contributed by atoms with Crippen LogP contribution in [0.4, 0.5) is 0 Å². The molecule has 128 valence electrons. The predicted molar refractivity (Wildman–Crippen MR) is 110 cm³/mol. The molecule has 0 N–H and O–H groups in total. The van der Waals surface area contributed by atoms with E-state index in [4.69, 9.17) is 0 Å². The minimum Gasteiger partial charge on any atom is -0.298 e. The van der Waals surface area contributed by atoms with Crippen LogP contribution in [0.2, 0.25) is 0 Å². The van der Waals surface area contributed by atoms with Crippen molar-refractivity contribution in [3.05, 3.63) is 69.8 Å². The highest BCUT2D eigenvalue weighted by molar-refractivity contribution is 9.09. The molecule has 2 atom stereocenters. The van der Waals surface area contributed by atoms with Gasteiger partial charge in [-0.15, -0.1) is 0 Å². The first kappa shape index (κ1) is 19.4. The summed E-state index contributed by atoms with van der Waals surface area (Å²) in [5.74, 6) is 0.00497. The Hall–Kier alpha value is -0.930. The fraction of sp³-hybridized carbons (Fsp3) is 0.381. The lowest BCUT2D eigenvalue weighted by atomic mass is 9.82. The molecule has 1 nitrogen and oxygen atoms in total. The lowest BCUT2D eigenvalue weighted by molar-refractivity contribution is -0.121. The predicted octanol–water partition coefficient (Wildman–Crippen LogP) is 6.15. The molecule has 0 saturated carbocycles. The third-order valence-corrected chi connectivity index (χ3v) is 5.89. The lowest BCUT2D eigenvalue weighted by Gasteiger charge is -2.23. The molecule has 2 aromatic rings. The Morgan fingerprint density at radius 2 is 1.17 bits per heavy atom. The number of rotatable bonds is 6. The van der Waals surface area contributed by atoms with Crippen molar-refractivity contribution in [2.75, 3.05) is 10.7 Å². The van der Waals surface area contributed by atoms with Crippen LogP contribution in [0, 0.1) is 27.7 Å². The van der Waals surface area contributed by atoms with Gasteiger partial charge in [0.15, 0.2) is 0 Å². The van der Waals surface area contributed by atoms with Gasteiger partial charge in [-0.1, -0.05) is 79.4 Å². The van der Waals surface area contributed by atoms with E-state index in [0.717, 1.165) is 11.1 Å². The second-order valence-electron chi connectivity index (χ2n) is 6.54. The number of hydrogen-bond donors (Lipinski definition) is 0. The van der Waals surface area contributed by atoms with Crippen LogP contribution in [-0.4, -0.2) is 16.4 Å². The van der Waals surface area contributed by atoms with Crippen LogP contribution in [0.3, 0.4) is 0 Å². The molecule has 0 aliphatic rings. The van der Waals surface area contributed by atoms with E-state index in [1.165, 1.54) is 22.3 Å². The number of Topliss-reactive ketones (excluding diaryl/α,β-unsaturated/α-hetero) is 1. The van der Waals surface area contributed by atoms with E-state index in [0.29, 0.717) is 10.7 Å². The Morgan fingerprint density at radius 1 is 0.792 bits per heavy atom. The highest BCUT2D eigenvalue weighted by atomic mass is 79.9. The van der Waals surface area contributed by atoms with Crippen molar-refractivity contribution in [1.29, 1.82) is 0 Å². The number of ketones is 1. The van der Waals surface area contributed by atoms with E-state index in [-0.39, 0.29) is 17.6 Å². The van der Waals surface area contributed by atoms with Crippen LogP contribution < -0.4 is 0 Å². The quantitative estimate of drug-likeness (QED) is 0.481. The molecule has 0 spiro atoms. The molecule has 0 aliphatic carbocycles. The smallest absolute Gasteiger partial charge is 0.149 e. The number of benzene rings is 2. The first-order chi connectivity index (χ1) is 11.4. The van der Waals surface area contributed by atoms with Crippen LogP contribution in [0.15, 0.2) is 36.4 Å². The van der Waals surface area contributed by atoms with Gasteiger partial charge in [0, 0.05) is 10.7 Å². The molecule has 0 aromatic heterocycles. The number of carbonyl (C=O) groups is 1. The molecular formula is C21H24Br2O. The zero-order valence-electron chi connectivity index (χ0n) is 14.7. The molecule has 0 radical (unpaired) electrons. The monoisotopic (exact) mass is 450 g/mol. The summed E-state index contributed by atoms with van der Waals surface area (Å²) in [6, 6.07) is 12.7. The van der Waals surface area contributed by atoms with Crippen LogP contribution in [0.1, 0.15) is 45.2 Å². The molecule has 0 heterocycles. The second-order valence-corrected chi connectivity index (χ2v) is 7.83. The van der Waals surface area contributed by atoms with Crippen molar-refractivity contribution >= 4 is 37.6 Å². The average Bonchev–Trinajstić information content (AvgIpc) is 2.52. The molecule has 0 aliphatic heterocycles. The number of halogens is 2. The van der Waals surface area contributed by atoms with Crippen molar-refractivity contribution in [3.8, 4) is 0 Å². The third-order valence-electron chi connectivity index (χ3n) is 4.60. The Bertz CT molecular complexity index is 675. The first-order valence-corrected chi connectivity index (χ1v) is 10.4. The molecule has 0 fully saturated rings. The van der Waals surface area contributed by atoms with Crippen molar-refractivity contribution in [3.63, 3.8) is 0 Å². The second kappa shape index (κ2) is 8.44. The summed E-state index contributed by atoms with van der Waals surface area (Å²) in [6.07, 6.45) is 0. The molecule has 0 bridgehead atoms. The Balaban J connectivity index is 2.41. The fourth-order valence-corrected chi connectivity index (χ4v) is 4.64. The average molecular weight is 452 g/mol. The summed E-state index contributed by atoms with van der Waals surface area (Å²) >= 11 is 7.14. The first-order valence-electron chi connectivity index (χ1n) is 8.19. The SMILES string of the molecule is Cc1ccc(C(CBr)C(=O)C(CBr)c2ccc(C)cc2C)c(C)c1. The van der Waals surface area contributed by atoms with Gasteiger partial charge in [0.1, 0.15) is 5.78 Å². The molecule has 2 rings (SSSR count). The van der Waals surface area contributed by atoms with Crippen molar-refractivity contribution in [1.82, 2.24) is 0 Å². The van der Waals surface area contributed by atoms with E-state index in [2.05, 4.69) is 96.0 Å². The van der Waals surface area contributed by atoms with Crippen LogP contribution in [-0.2, 0) is 4.79 Å². The van der Waals surface area contributed by atoms with Crippen LogP contribution >= 0.6 is 31.9 Å². The van der Waals surface area contributed by atoms with E-state index < -0.39 is 0 Å². The zero-order valence-corrected chi connectivity index (χ0v) is 17.9. The maximum atomic E-state index is 13.3. The van der Waals surface area contributed by atoms with Crippen molar-refractivity contribution < 1.29 is 4.79 Å². The summed E-state index contributed by atoms with van der Waals surface area (Å²) in [5, 5.41) is 1.29. The van der Waals surface area contributed by atoms with Crippen molar-refractivity contribution in [2.45, 2.75) is 39.5 Å². The van der Waals surface area contributed by atoms with Crippen LogP contribution in [0.25, 0.3) is 0 Å². The molecule has 0 amide bonds. The molecular weight excluding hydrogens is 428 g/mol. The number of aryl methyl sites for hydroxylation is 4. The maximum Gasteiger partial charge on any atom is 0.149 e. The summed E-state index contributed by atoms with van der Waals surface area (Å²) in [6.45, 7) is 8.34. The summed E-state index contributed by atoms with van der Waals surface area (Å²) in [7, 11) is 0. The van der Waals surface area contributed by atoms with Gasteiger partial charge in [0.2, 0.25) is 0 Å². The van der Waals surface area contributed by atoms with Gasteiger partial charge < -0.3 is 0 Å². The molecule has 2 aromatic carbocycles. The number of alkyl halides is 2. The third kappa shape index (κ3) is 4.18. The highest BCUT2D eigenvalue weighted by Gasteiger charge is 2.29. The molecule has 24 heavy (non-hydrogen) atoms. The Morgan fingerprint density at radius 3 is 1.46 bits per heavy atom. The molecule has 2 unspecified atom stereocenters. The van der Waals surface area contributed by atoms with Gasteiger partial charge in [0.05, 0.1) is 11.8 Å².